The summed E-state index contributed by atoms with van der Waals surface area (Å²) in [6.45, 7) is 3.70. The molecule has 0 radical (unpaired) electrons. The van der Waals surface area contributed by atoms with Gasteiger partial charge < -0.3 is 29.0 Å². The molecule has 0 unspecified atom stereocenters. The summed E-state index contributed by atoms with van der Waals surface area (Å²) in [5, 5.41) is 19.4. The second-order valence-corrected chi connectivity index (χ2v) is 6.66. The number of carbonyl (C=O) groups excluding carboxylic acids is 1. The zero-order valence-electron chi connectivity index (χ0n) is 17.6. The highest BCUT2D eigenvalue weighted by Gasteiger charge is 2.22. The molecule has 0 amide bonds. The summed E-state index contributed by atoms with van der Waals surface area (Å²) >= 11 is 0. The van der Waals surface area contributed by atoms with Gasteiger partial charge in [0, 0.05) is 23.0 Å². The first-order chi connectivity index (χ1) is 14.8. The van der Waals surface area contributed by atoms with Crippen LogP contribution in [0.5, 0.6) is 17.2 Å². The number of aromatic carboxylic acids is 1. The maximum absolute atomic E-state index is 12.5. The van der Waals surface area contributed by atoms with Crippen LogP contribution < -0.4 is 9.47 Å². The van der Waals surface area contributed by atoms with Gasteiger partial charge >= 0.3 is 11.9 Å². The molecule has 0 aliphatic rings. The maximum Gasteiger partial charge on any atom is 0.339 e. The molecule has 0 saturated carbocycles. The molecule has 2 N–H and O–H groups in total. The second kappa shape index (κ2) is 8.83. The van der Waals surface area contributed by atoms with E-state index in [4.69, 9.17) is 14.2 Å². The largest absolute Gasteiger partial charge is 0.507 e. The zero-order valence-corrected chi connectivity index (χ0v) is 17.6. The lowest BCUT2D eigenvalue weighted by Crippen LogP contribution is -2.07. The fraction of sp³-hybridized carbons (Fsp3) is 0.217. The quantitative estimate of drug-likeness (QED) is 0.550. The van der Waals surface area contributed by atoms with Crippen molar-refractivity contribution in [3.05, 3.63) is 59.3 Å². The normalized spacial score (nSPS) is 10.6. The summed E-state index contributed by atoms with van der Waals surface area (Å²) in [4.78, 5) is 23.8. The van der Waals surface area contributed by atoms with Gasteiger partial charge in [0.15, 0.2) is 11.5 Å². The number of esters is 1. The molecule has 1 aromatic heterocycles. The number of nitrogens with zero attached hydrogens (tertiary/aromatic N) is 1. The van der Waals surface area contributed by atoms with Gasteiger partial charge in [-0.2, -0.15) is 0 Å². The molecule has 8 nitrogen and oxygen atoms in total. The number of carboxylic acid groups (broad SMARTS) is 1. The molecule has 0 bridgehead atoms. The minimum Gasteiger partial charge on any atom is -0.507 e. The van der Waals surface area contributed by atoms with Crippen LogP contribution in [0.15, 0.2) is 42.5 Å². The Morgan fingerprint density at radius 3 is 2.26 bits per heavy atom. The lowest BCUT2D eigenvalue weighted by Gasteiger charge is -2.15. The van der Waals surface area contributed by atoms with Gasteiger partial charge in [0.2, 0.25) is 0 Å². The number of benzene rings is 2. The predicted octanol–water partition coefficient (Wildman–Crippen LogP) is 4.05. The summed E-state index contributed by atoms with van der Waals surface area (Å²) < 4.78 is 17.6. The van der Waals surface area contributed by atoms with Crippen LogP contribution in [0.25, 0.3) is 16.9 Å². The third-order valence-corrected chi connectivity index (χ3v) is 4.89. The Labute approximate surface area is 179 Å². The zero-order chi connectivity index (χ0) is 22.7. The number of aromatic nitrogens is 1. The van der Waals surface area contributed by atoms with Crippen molar-refractivity contribution in [2.24, 2.45) is 0 Å². The van der Waals surface area contributed by atoms with Gasteiger partial charge in [0.05, 0.1) is 32.1 Å². The number of hydrogen-bond donors (Lipinski definition) is 2. The average Bonchev–Trinajstić information content (AvgIpc) is 3.10. The molecule has 0 atom stereocenters. The van der Waals surface area contributed by atoms with E-state index in [1.54, 1.807) is 42.7 Å². The van der Waals surface area contributed by atoms with E-state index in [0.29, 0.717) is 34.1 Å². The van der Waals surface area contributed by atoms with E-state index in [2.05, 4.69) is 0 Å². The van der Waals surface area contributed by atoms with E-state index in [0.717, 1.165) is 5.56 Å². The molecule has 162 valence electrons. The third-order valence-electron chi connectivity index (χ3n) is 4.89. The van der Waals surface area contributed by atoms with Crippen molar-refractivity contribution >= 4 is 11.9 Å². The van der Waals surface area contributed by atoms with Crippen LogP contribution in [-0.4, -0.2) is 47.5 Å². The Hall–Kier alpha value is -3.94. The minimum atomic E-state index is -1.24. The summed E-state index contributed by atoms with van der Waals surface area (Å²) in [6.07, 6.45) is 0. The number of hydrogen-bond acceptors (Lipinski definition) is 6. The summed E-state index contributed by atoms with van der Waals surface area (Å²) in [7, 11) is 3.06. The molecular weight excluding hydrogens is 402 g/mol. The van der Waals surface area contributed by atoms with Gasteiger partial charge in [-0.05, 0) is 50.2 Å². The number of carbonyl (C=O) groups is 2. The van der Waals surface area contributed by atoms with E-state index >= 15 is 0 Å². The van der Waals surface area contributed by atoms with Crippen LogP contribution in [-0.2, 0) is 4.74 Å². The van der Waals surface area contributed by atoms with Gasteiger partial charge in [0.25, 0.3) is 0 Å². The van der Waals surface area contributed by atoms with Crippen LogP contribution in [0.1, 0.15) is 33.3 Å². The predicted molar refractivity (Wildman–Crippen MR) is 114 cm³/mol. The molecule has 0 saturated heterocycles. The van der Waals surface area contributed by atoms with Gasteiger partial charge in [-0.1, -0.05) is 0 Å². The molecular formula is C23H23NO7. The van der Waals surface area contributed by atoms with Crippen molar-refractivity contribution < 1.29 is 34.0 Å². The standard InChI is InChI=1S/C23H23NO7/c1-5-31-23(28)17-12-18(14-6-9-20(29-3)21(10-14)30-4)24(13(17)2)15-7-8-16(22(26)27)19(25)11-15/h6-12,25H,5H2,1-4H3,(H,26,27). The van der Waals surface area contributed by atoms with Crippen molar-refractivity contribution in [2.45, 2.75) is 13.8 Å². The molecule has 1 heterocycles. The van der Waals surface area contributed by atoms with E-state index in [1.807, 2.05) is 6.07 Å². The lowest BCUT2D eigenvalue weighted by molar-refractivity contribution is 0.0525. The topological polar surface area (TPSA) is 107 Å². The van der Waals surface area contributed by atoms with E-state index in [1.165, 1.54) is 26.4 Å². The first kappa shape index (κ1) is 21.8. The van der Waals surface area contributed by atoms with Crippen LogP contribution >= 0.6 is 0 Å². The van der Waals surface area contributed by atoms with E-state index in [-0.39, 0.29) is 17.9 Å². The van der Waals surface area contributed by atoms with Gasteiger partial charge in [-0.25, -0.2) is 9.59 Å². The number of methoxy groups -OCH3 is 2. The van der Waals surface area contributed by atoms with E-state index < -0.39 is 11.9 Å². The Morgan fingerprint density at radius 2 is 1.68 bits per heavy atom. The van der Waals surface area contributed by atoms with Gasteiger partial charge in [-0.3, -0.25) is 0 Å². The first-order valence-electron chi connectivity index (χ1n) is 9.50. The third kappa shape index (κ3) is 4.05. The molecule has 0 fully saturated rings. The van der Waals surface area contributed by atoms with Gasteiger partial charge in [-0.15, -0.1) is 0 Å². The fourth-order valence-electron chi connectivity index (χ4n) is 3.40. The van der Waals surface area contributed by atoms with Crippen LogP contribution in [0.4, 0.5) is 0 Å². The van der Waals surface area contributed by atoms with Crippen molar-refractivity contribution in [3.8, 4) is 34.2 Å². The maximum atomic E-state index is 12.5. The summed E-state index contributed by atoms with van der Waals surface area (Å²) in [5.74, 6) is -1.04. The van der Waals surface area contributed by atoms with Crippen molar-refractivity contribution in [3.63, 3.8) is 0 Å². The second-order valence-electron chi connectivity index (χ2n) is 6.66. The first-order valence-corrected chi connectivity index (χ1v) is 9.50. The molecule has 0 spiro atoms. The summed E-state index contributed by atoms with van der Waals surface area (Å²) in [6, 6.07) is 11.2. The molecule has 8 heteroatoms. The summed E-state index contributed by atoms with van der Waals surface area (Å²) in [5.41, 5.74) is 2.55. The Balaban J connectivity index is 2.26. The molecule has 31 heavy (non-hydrogen) atoms. The van der Waals surface area contributed by atoms with Crippen LogP contribution in [0.2, 0.25) is 0 Å². The Kier molecular flexibility index (Phi) is 6.20. The Morgan fingerprint density at radius 1 is 0.968 bits per heavy atom. The van der Waals surface area contributed by atoms with Crippen molar-refractivity contribution in [1.82, 2.24) is 4.57 Å². The fourth-order valence-corrected chi connectivity index (χ4v) is 3.40. The van der Waals surface area contributed by atoms with Gasteiger partial charge in [0.1, 0.15) is 11.3 Å². The Bertz CT molecular complexity index is 1150. The number of phenols is 1. The SMILES string of the molecule is CCOC(=O)c1cc(-c2ccc(OC)c(OC)c2)n(-c2ccc(C(=O)O)c(O)c2)c1C. The number of aromatic hydroxyl groups is 1. The molecule has 2 aromatic carbocycles. The van der Waals surface area contributed by atoms with Crippen molar-refractivity contribution in [2.75, 3.05) is 20.8 Å². The highest BCUT2D eigenvalue weighted by Crippen LogP contribution is 2.36. The molecule has 0 aliphatic carbocycles. The minimum absolute atomic E-state index is 0.216. The average molecular weight is 425 g/mol. The number of ether oxygens (including phenoxy) is 3. The number of carboxylic acids is 1. The van der Waals surface area contributed by atoms with E-state index in [9.17, 15) is 19.8 Å². The van der Waals surface area contributed by atoms with Crippen LogP contribution in [0, 0.1) is 6.92 Å². The highest BCUT2D eigenvalue weighted by atomic mass is 16.5. The monoisotopic (exact) mass is 425 g/mol. The highest BCUT2D eigenvalue weighted by molar-refractivity contribution is 5.94. The van der Waals surface area contributed by atoms with Crippen LogP contribution in [0.3, 0.4) is 0 Å². The number of rotatable bonds is 7. The molecule has 3 rings (SSSR count). The molecule has 3 aromatic rings. The molecule has 0 aliphatic heterocycles. The van der Waals surface area contributed by atoms with Crippen molar-refractivity contribution in [1.29, 1.82) is 0 Å². The smallest absolute Gasteiger partial charge is 0.339 e. The lowest BCUT2D eigenvalue weighted by atomic mass is 10.1.